The highest BCUT2D eigenvalue weighted by atomic mass is 16.3. The van der Waals surface area contributed by atoms with Crippen LogP contribution in [0.1, 0.15) is 52.7 Å². The second-order valence-electron chi connectivity index (χ2n) is 12.0. The van der Waals surface area contributed by atoms with Crippen LogP contribution in [-0.4, -0.2) is 22.9 Å². The number of pyridine rings is 1. The van der Waals surface area contributed by atoms with Crippen molar-refractivity contribution in [3.63, 3.8) is 0 Å². The van der Waals surface area contributed by atoms with Gasteiger partial charge >= 0.3 is 0 Å². The molecule has 37 heavy (non-hydrogen) atoms. The molecule has 2 aliphatic rings. The number of phenolic OH excluding ortho intramolecular Hbond substituents is 1. The van der Waals surface area contributed by atoms with Gasteiger partial charge in [0.2, 0.25) is 0 Å². The largest absolute Gasteiger partial charge is 0.507 e. The molecule has 0 fully saturated rings. The lowest BCUT2D eigenvalue weighted by atomic mass is 9.81. The summed E-state index contributed by atoms with van der Waals surface area (Å²) >= 11 is 0. The number of carbonyl (C=O) groups excluding carboxylic acids is 1. The average molecular weight is 491 g/mol. The van der Waals surface area contributed by atoms with Crippen molar-refractivity contribution in [2.45, 2.75) is 47.0 Å². The number of anilines is 1. The van der Waals surface area contributed by atoms with E-state index in [2.05, 4.69) is 64.7 Å². The van der Waals surface area contributed by atoms with Gasteiger partial charge in [0.15, 0.2) is 5.78 Å². The predicted molar refractivity (Wildman–Crippen MR) is 154 cm³/mol. The molecule has 1 aliphatic carbocycles. The van der Waals surface area contributed by atoms with Crippen LogP contribution in [0.25, 0.3) is 28.2 Å². The van der Waals surface area contributed by atoms with Crippen LogP contribution in [0.3, 0.4) is 0 Å². The molecule has 188 valence electrons. The van der Waals surface area contributed by atoms with Gasteiger partial charge in [0.1, 0.15) is 5.75 Å². The number of hydrogen-bond acceptors (Lipinski definition) is 4. The van der Waals surface area contributed by atoms with E-state index in [1.165, 1.54) is 0 Å². The first-order valence-corrected chi connectivity index (χ1v) is 12.7. The Kier molecular flexibility index (Phi) is 5.74. The van der Waals surface area contributed by atoms with Crippen LogP contribution in [0.5, 0.6) is 5.75 Å². The number of rotatable bonds is 1. The number of likely N-dealkylation sites (N-methyl/N-ethyl adjacent to an activating group) is 1. The molecule has 0 amide bonds. The van der Waals surface area contributed by atoms with Crippen LogP contribution in [0.2, 0.25) is 0 Å². The summed E-state index contributed by atoms with van der Waals surface area (Å²) in [4.78, 5) is 20.1. The van der Waals surface area contributed by atoms with E-state index in [0.717, 1.165) is 39.0 Å². The Bertz CT molecular complexity index is 1570. The zero-order valence-corrected chi connectivity index (χ0v) is 22.7. The van der Waals surface area contributed by atoms with Gasteiger partial charge in [-0.1, -0.05) is 78.0 Å². The molecule has 0 saturated carbocycles. The lowest BCUT2D eigenvalue weighted by Gasteiger charge is -2.30. The topological polar surface area (TPSA) is 53.4 Å². The second kappa shape index (κ2) is 8.58. The molecule has 1 N–H and O–H groups in total. The molecular weight excluding hydrogens is 456 g/mol. The van der Waals surface area contributed by atoms with Gasteiger partial charge in [0.05, 0.1) is 22.6 Å². The molecule has 1 aromatic heterocycles. The third-order valence-corrected chi connectivity index (χ3v) is 7.24. The van der Waals surface area contributed by atoms with Gasteiger partial charge in [-0.2, -0.15) is 0 Å². The van der Waals surface area contributed by atoms with Crippen molar-refractivity contribution in [3.05, 3.63) is 94.7 Å². The number of carbonyl (C=O) groups is 1. The van der Waals surface area contributed by atoms with Crippen LogP contribution in [-0.2, 0) is 10.2 Å². The molecule has 4 heteroatoms. The third-order valence-electron chi connectivity index (χ3n) is 7.24. The quantitative estimate of drug-likeness (QED) is 0.355. The average Bonchev–Trinajstić information content (AvgIpc) is 2.83. The predicted octanol–water partition coefficient (Wildman–Crippen LogP) is 7.73. The number of phenols is 1. The zero-order chi connectivity index (χ0) is 26.7. The first-order valence-electron chi connectivity index (χ1n) is 12.7. The number of allylic oxidation sites excluding steroid dienone is 6. The molecule has 2 aromatic carbocycles. The van der Waals surface area contributed by atoms with Crippen LogP contribution in [0, 0.1) is 5.41 Å². The first-order chi connectivity index (χ1) is 17.3. The summed E-state index contributed by atoms with van der Waals surface area (Å²) in [6.45, 7) is 12.9. The number of fused-ring (bicyclic) bond motifs is 3. The minimum Gasteiger partial charge on any atom is -0.507 e. The minimum absolute atomic E-state index is 0.000697. The number of aromatic nitrogens is 1. The van der Waals surface area contributed by atoms with Crippen LogP contribution >= 0.6 is 0 Å². The third kappa shape index (κ3) is 4.42. The van der Waals surface area contributed by atoms with Gasteiger partial charge in [0.25, 0.3) is 0 Å². The Labute approximate surface area is 219 Å². The molecule has 0 saturated heterocycles. The summed E-state index contributed by atoms with van der Waals surface area (Å²) in [6.07, 6.45) is 9.68. The summed E-state index contributed by atoms with van der Waals surface area (Å²) in [6, 6.07) is 13.9. The fraction of sp³-hybridized carbons (Fsp3) is 0.273. The van der Waals surface area contributed by atoms with E-state index in [9.17, 15) is 9.90 Å². The van der Waals surface area contributed by atoms with Gasteiger partial charge in [0, 0.05) is 29.1 Å². The molecule has 0 unspecified atom stereocenters. The van der Waals surface area contributed by atoms with Crippen LogP contribution in [0.4, 0.5) is 5.69 Å². The van der Waals surface area contributed by atoms with Gasteiger partial charge in [-0.25, -0.2) is 4.98 Å². The Morgan fingerprint density at radius 3 is 2.27 bits per heavy atom. The SMILES string of the molecule is CN1C(=C2C=C(C(C)(C)C)C=CC2=O)C=Cc2ccc3ccc(-c4cc(C(C)(C)C)ccc4O)nc3c21. The summed E-state index contributed by atoms with van der Waals surface area (Å²) in [5.41, 5.74) is 7.91. The highest BCUT2D eigenvalue weighted by Crippen LogP contribution is 2.40. The van der Waals surface area contributed by atoms with E-state index in [-0.39, 0.29) is 22.4 Å². The van der Waals surface area contributed by atoms with Crippen LogP contribution < -0.4 is 4.90 Å². The fourth-order valence-electron chi connectivity index (χ4n) is 4.90. The number of ketones is 1. The van der Waals surface area contributed by atoms with Gasteiger partial charge in [-0.15, -0.1) is 0 Å². The molecule has 0 atom stereocenters. The molecule has 0 bridgehead atoms. The van der Waals surface area contributed by atoms with E-state index in [0.29, 0.717) is 16.8 Å². The summed E-state index contributed by atoms with van der Waals surface area (Å²) in [5, 5.41) is 11.7. The van der Waals surface area contributed by atoms with Crippen molar-refractivity contribution in [2.75, 3.05) is 11.9 Å². The number of aromatic hydroxyl groups is 1. The minimum atomic E-state index is -0.0649. The van der Waals surface area contributed by atoms with E-state index < -0.39 is 0 Å². The van der Waals surface area contributed by atoms with Crippen molar-refractivity contribution in [2.24, 2.45) is 5.41 Å². The molecular formula is C33H34N2O2. The fourth-order valence-corrected chi connectivity index (χ4v) is 4.90. The number of benzene rings is 2. The van der Waals surface area contributed by atoms with Gasteiger partial charge in [-0.3, -0.25) is 4.79 Å². The van der Waals surface area contributed by atoms with Crippen molar-refractivity contribution in [1.82, 2.24) is 4.98 Å². The Balaban J connectivity index is 1.69. The Hall–Kier alpha value is -3.92. The summed E-state index contributed by atoms with van der Waals surface area (Å²) in [5.74, 6) is 0.209. The maximum Gasteiger partial charge on any atom is 0.187 e. The maximum atomic E-state index is 13.0. The molecule has 3 aromatic rings. The van der Waals surface area contributed by atoms with Crippen molar-refractivity contribution in [1.29, 1.82) is 0 Å². The smallest absolute Gasteiger partial charge is 0.187 e. The highest BCUT2D eigenvalue weighted by Gasteiger charge is 2.26. The van der Waals surface area contributed by atoms with Crippen LogP contribution in [0.15, 0.2) is 83.6 Å². The lowest BCUT2D eigenvalue weighted by Crippen LogP contribution is -2.24. The molecule has 0 spiro atoms. The van der Waals surface area contributed by atoms with E-state index in [1.54, 1.807) is 12.1 Å². The molecule has 5 rings (SSSR count). The molecule has 2 heterocycles. The number of hydrogen-bond donors (Lipinski definition) is 1. The highest BCUT2D eigenvalue weighted by molar-refractivity contribution is 6.10. The van der Waals surface area contributed by atoms with E-state index in [4.69, 9.17) is 4.98 Å². The summed E-state index contributed by atoms with van der Waals surface area (Å²) < 4.78 is 0. The monoisotopic (exact) mass is 490 g/mol. The zero-order valence-electron chi connectivity index (χ0n) is 22.7. The standard InChI is InChI=1S/C33H34N2O2/c1-32(2,3)22-12-16-28(36)24(18-22)26-14-10-20-8-9-21-11-15-27(35(7)31(21)30(20)34-26)25-19-23(33(4,5)6)13-17-29(25)37/h8-19,36H,1-7H3. The lowest BCUT2D eigenvalue weighted by molar-refractivity contribution is -0.111. The summed E-state index contributed by atoms with van der Waals surface area (Å²) in [7, 11) is 1.99. The Morgan fingerprint density at radius 2 is 1.57 bits per heavy atom. The van der Waals surface area contributed by atoms with Crippen molar-refractivity contribution < 1.29 is 9.90 Å². The maximum absolute atomic E-state index is 13.0. The molecule has 0 radical (unpaired) electrons. The first kappa shape index (κ1) is 24.8. The normalized spacial score (nSPS) is 17.9. The van der Waals surface area contributed by atoms with Crippen molar-refractivity contribution >= 4 is 28.4 Å². The second-order valence-corrected chi connectivity index (χ2v) is 12.0. The molecule has 1 aliphatic heterocycles. The van der Waals surface area contributed by atoms with E-state index >= 15 is 0 Å². The molecule has 4 nitrogen and oxygen atoms in total. The van der Waals surface area contributed by atoms with Gasteiger partial charge in [-0.05, 0) is 58.4 Å². The Morgan fingerprint density at radius 1 is 0.838 bits per heavy atom. The van der Waals surface area contributed by atoms with Gasteiger partial charge < -0.3 is 10.0 Å². The van der Waals surface area contributed by atoms with Crippen molar-refractivity contribution in [3.8, 4) is 17.0 Å². The number of nitrogens with zero attached hydrogens (tertiary/aromatic N) is 2. The van der Waals surface area contributed by atoms with E-state index in [1.807, 2.05) is 49.5 Å².